The van der Waals surface area contributed by atoms with E-state index in [1.165, 1.54) is 19.3 Å². The van der Waals surface area contributed by atoms with Crippen LogP contribution in [0.3, 0.4) is 0 Å². The van der Waals surface area contributed by atoms with Gasteiger partial charge in [0.25, 0.3) is 5.91 Å². The number of phenols is 1. The Kier molecular flexibility index (Phi) is 2.77. The molecule has 1 aromatic carbocycles. The second-order valence-corrected chi connectivity index (χ2v) is 5.61. The van der Waals surface area contributed by atoms with Gasteiger partial charge >= 0.3 is 0 Å². The topological polar surface area (TPSA) is 40.5 Å². The molecule has 2 unspecified atom stereocenters. The van der Waals surface area contributed by atoms with Crippen LogP contribution in [0.4, 0.5) is 0 Å². The first-order valence-electron chi connectivity index (χ1n) is 6.74. The molecule has 3 heteroatoms. The molecule has 3 rings (SSSR count). The van der Waals surface area contributed by atoms with Crippen molar-refractivity contribution in [2.24, 2.45) is 11.8 Å². The molecule has 2 fully saturated rings. The number of likely N-dealkylation sites (tertiary alicyclic amines) is 1. The van der Waals surface area contributed by atoms with Gasteiger partial charge in [0.2, 0.25) is 0 Å². The molecular weight excluding hydrogens is 226 g/mol. The largest absolute Gasteiger partial charge is 0.508 e. The fourth-order valence-corrected chi connectivity index (χ4v) is 3.43. The maximum Gasteiger partial charge on any atom is 0.254 e. The number of fused-ring (bicyclic) bond motifs is 1. The van der Waals surface area contributed by atoms with Gasteiger partial charge in [0.05, 0.1) is 0 Å². The van der Waals surface area contributed by atoms with Crippen molar-refractivity contribution in [1.82, 2.24) is 4.90 Å². The minimum Gasteiger partial charge on any atom is -0.508 e. The summed E-state index contributed by atoms with van der Waals surface area (Å²) in [6.45, 7) is 3.61. The molecule has 3 nitrogen and oxygen atoms in total. The number of benzene rings is 1. The Labute approximate surface area is 107 Å². The van der Waals surface area contributed by atoms with Crippen molar-refractivity contribution in [3.8, 4) is 5.75 Å². The molecule has 1 heterocycles. The van der Waals surface area contributed by atoms with Crippen LogP contribution in [0.15, 0.2) is 18.2 Å². The zero-order chi connectivity index (χ0) is 12.7. The summed E-state index contributed by atoms with van der Waals surface area (Å²) in [5.41, 5.74) is 1.34. The Hall–Kier alpha value is -1.51. The van der Waals surface area contributed by atoms with Gasteiger partial charge < -0.3 is 10.0 Å². The van der Waals surface area contributed by atoms with E-state index in [-0.39, 0.29) is 11.7 Å². The molecule has 1 saturated heterocycles. The number of hydrogen-bond donors (Lipinski definition) is 1. The second-order valence-electron chi connectivity index (χ2n) is 5.61. The van der Waals surface area contributed by atoms with Gasteiger partial charge in [0.15, 0.2) is 0 Å². The lowest BCUT2D eigenvalue weighted by atomic mass is 10.0. The lowest BCUT2D eigenvalue weighted by molar-refractivity contribution is 0.0779. The van der Waals surface area contributed by atoms with Crippen LogP contribution in [0.2, 0.25) is 0 Å². The Morgan fingerprint density at radius 3 is 2.61 bits per heavy atom. The van der Waals surface area contributed by atoms with Crippen LogP contribution >= 0.6 is 0 Å². The van der Waals surface area contributed by atoms with E-state index in [1.807, 2.05) is 11.0 Å². The summed E-state index contributed by atoms with van der Waals surface area (Å²) in [5.74, 6) is 1.72. The second kappa shape index (κ2) is 4.30. The molecular formula is C15H19NO2. The predicted octanol–water partition coefficient (Wildman–Crippen LogP) is 2.57. The lowest BCUT2D eigenvalue weighted by Gasteiger charge is -2.18. The molecule has 0 bridgehead atoms. The minimum absolute atomic E-state index is 0.0813. The van der Waals surface area contributed by atoms with Crippen molar-refractivity contribution in [2.75, 3.05) is 13.1 Å². The summed E-state index contributed by atoms with van der Waals surface area (Å²) in [5, 5.41) is 9.68. The number of amides is 1. The monoisotopic (exact) mass is 245 g/mol. The fourth-order valence-electron chi connectivity index (χ4n) is 3.43. The van der Waals surface area contributed by atoms with Crippen LogP contribution in [-0.2, 0) is 0 Å². The smallest absolute Gasteiger partial charge is 0.254 e. The van der Waals surface area contributed by atoms with Gasteiger partial charge in [0, 0.05) is 24.2 Å². The Bertz CT molecular complexity index is 471. The molecule has 1 aromatic rings. The molecule has 0 radical (unpaired) electrons. The number of carbonyl (C=O) groups is 1. The van der Waals surface area contributed by atoms with Crippen LogP contribution in [0, 0.1) is 18.8 Å². The van der Waals surface area contributed by atoms with E-state index in [2.05, 4.69) is 0 Å². The SMILES string of the molecule is Cc1c(O)cccc1C(=O)N1CC2CCCC2C1. The van der Waals surface area contributed by atoms with Crippen molar-refractivity contribution in [3.05, 3.63) is 29.3 Å². The van der Waals surface area contributed by atoms with Crippen molar-refractivity contribution in [3.63, 3.8) is 0 Å². The molecule has 96 valence electrons. The fraction of sp³-hybridized carbons (Fsp3) is 0.533. The molecule has 2 atom stereocenters. The first kappa shape index (κ1) is 11.6. The first-order chi connectivity index (χ1) is 8.66. The summed E-state index contributed by atoms with van der Waals surface area (Å²) in [6.07, 6.45) is 3.86. The van der Waals surface area contributed by atoms with Crippen LogP contribution < -0.4 is 0 Å². The quantitative estimate of drug-likeness (QED) is 0.826. The van der Waals surface area contributed by atoms with Crippen molar-refractivity contribution < 1.29 is 9.90 Å². The van der Waals surface area contributed by atoms with Crippen LogP contribution in [0.1, 0.15) is 35.2 Å². The third kappa shape index (κ3) is 1.78. The van der Waals surface area contributed by atoms with Gasteiger partial charge in [-0.2, -0.15) is 0 Å². The minimum atomic E-state index is 0.0813. The zero-order valence-electron chi connectivity index (χ0n) is 10.7. The third-order valence-corrected chi connectivity index (χ3v) is 4.55. The zero-order valence-corrected chi connectivity index (χ0v) is 10.7. The van der Waals surface area contributed by atoms with E-state index in [0.29, 0.717) is 23.0 Å². The number of nitrogens with zero attached hydrogens (tertiary/aromatic N) is 1. The molecule has 2 aliphatic rings. The molecule has 1 aliphatic carbocycles. The number of phenolic OH excluding ortho intramolecular Hbond substituents is 1. The molecule has 1 saturated carbocycles. The van der Waals surface area contributed by atoms with Crippen molar-refractivity contribution in [1.29, 1.82) is 0 Å². The van der Waals surface area contributed by atoms with Crippen LogP contribution in [0.5, 0.6) is 5.75 Å². The number of aromatic hydroxyl groups is 1. The van der Waals surface area contributed by atoms with E-state index in [9.17, 15) is 9.90 Å². The van der Waals surface area contributed by atoms with Gasteiger partial charge in [-0.3, -0.25) is 4.79 Å². The molecule has 0 spiro atoms. The van der Waals surface area contributed by atoms with E-state index in [0.717, 1.165) is 13.1 Å². The maximum atomic E-state index is 12.5. The van der Waals surface area contributed by atoms with E-state index in [1.54, 1.807) is 19.1 Å². The molecule has 1 N–H and O–H groups in total. The number of carbonyl (C=O) groups excluding carboxylic acids is 1. The van der Waals surface area contributed by atoms with Gasteiger partial charge in [-0.25, -0.2) is 0 Å². The highest BCUT2D eigenvalue weighted by atomic mass is 16.3. The first-order valence-corrected chi connectivity index (χ1v) is 6.74. The van der Waals surface area contributed by atoms with Gasteiger partial charge in [-0.05, 0) is 43.7 Å². The summed E-state index contributed by atoms with van der Waals surface area (Å²) in [7, 11) is 0. The normalized spacial score (nSPS) is 26.4. The Morgan fingerprint density at radius 1 is 1.28 bits per heavy atom. The standard InChI is InChI=1S/C15H19NO2/c1-10-13(6-3-7-14(10)17)15(18)16-8-11-4-2-5-12(11)9-16/h3,6-7,11-12,17H,2,4-5,8-9H2,1H3. The summed E-state index contributed by atoms with van der Waals surface area (Å²) >= 11 is 0. The van der Waals surface area contributed by atoms with E-state index >= 15 is 0 Å². The average molecular weight is 245 g/mol. The van der Waals surface area contributed by atoms with E-state index in [4.69, 9.17) is 0 Å². The van der Waals surface area contributed by atoms with E-state index < -0.39 is 0 Å². The molecule has 1 aliphatic heterocycles. The third-order valence-electron chi connectivity index (χ3n) is 4.55. The predicted molar refractivity (Wildman–Crippen MR) is 69.6 cm³/mol. The van der Waals surface area contributed by atoms with Crippen molar-refractivity contribution in [2.45, 2.75) is 26.2 Å². The lowest BCUT2D eigenvalue weighted by Crippen LogP contribution is -2.30. The highest BCUT2D eigenvalue weighted by Crippen LogP contribution is 2.38. The maximum absolute atomic E-state index is 12.5. The van der Waals surface area contributed by atoms with Gasteiger partial charge in [-0.15, -0.1) is 0 Å². The Morgan fingerprint density at radius 2 is 1.94 bits per heavy atom. The average Bonchev–Trinajstić information content (AvgIpc) is 2.92. The van der Waals surface area contributed by atoms with Gasteiger partial charge in [0.1, 0.15) is 5.75 Å². The summed E-state index contributed by atoms with van der Waals surface area (Å²) < 4.78 is 0. The number of rotatable bonds is 1. The van der Waals surface area contributed by atoms with Crippen molar-refractivity contribution >= 4 is 5.91 Å². The molecule has 18 heavy (non-hydrogen) atoms. The summed E-state index contributed by atoms with van der Waals surface area (Å²) in [4.78, 5) is 14.4. The van der Waals surface area contributed by atoms with Crippen LogP contribution in [-0.4, -0.2) is 29.0 Å². The highest BCUT2D eigenvalue weighted by Gasteiger charge is 2.38. The van der Waals surface area contributed by atoms with Crippen LogP contribution in [0.25, 0.3) is 0 Å². The molecule has 0 aromatic heterocycles. The Balaban J connectivity index is 1.81. The highest BCUT2D eigenvalue weighted by molar-refractivity contribution is 5.96. The summed E-state index contributed by atoms with van der Waals surface area (Å²) in [6, 6.07) is 5.18. The molecule has 1 amide bonds. The number of hydrogen-bond acceptors (Lipinski definition) is 2. The van der Waals surface area contributed by atoms with Gasteiger partial charge in [-0.1, -0.05) is 12.5 Å².